The lowest BCUT2D eigenvalue weighted by Crippen LogP contribution is -2.30. The first-order chi connectivity index (χ1) is 13.0. The summed E-state index contributed by atoms with van der Waals surface area (Å²) in [7, 11) is 1.51. The highest BCUT2D eigenvalue weighted by Crippen LogP contribution is 2.15. The smallest absolute Gasteiger partial charge is 0.264 e. The zero-order chi connectivity index (χ0) is 19.4. The summed E-state index contributed by atoms with van der Waals surface area (Å²) in [5.41, 5.74) is 2.13. The van der Waals surface area contributed by atoms with Crippen molar-refractivity contribution in [1.82, 2.24) is 19.5 Å². The summed E-state index contributed by atoms with van der Waals surface area (Å²) in [5.74, 6) is 0.00448. The molecule has 0 bridgehead atoms. The number of carbonyl (C=O) groups excluding carboxylic acids is 1. The van der Waals surface area contributed by atoms with Gasteiger partial charge in [0.05, 0.1) is 49.3 Å². The normalized spacial score (nSPS) is 10.5. The summed E-state index contributed by atoms with van der Waals surface area (Å²) in [6.07, 6.45) is 7.91. The Balaban J connectivity index is 1.89. The summed E-state index contributed by atoms with van der Waals surface area (Å²) in [6, 6.07) is 3.35. The molecule has 1 N–H and O–H groups in total. The summed E-state index contributed by atoms with van der Waals surface area (Å²) < 4.78 is 6.53. The number of carbonyl (C=O) groups is 1. The molecule has 27 heavy (non-hydrogen) atoms. The Morgan fingerprint density at radius 1 is 1.19 bits per heavy atom. The molecule has 8 heteroatoms. The van der Waals surface area contributed by atoms with Gasteiger partial charge in [-0.1, -0.05) is 0 Å². The Morgan fingerprint density at radius 3 is 2.70 bits per heavy atom. The van der Waals surface area contributed by atoms with Crippen LogP contribution in [0.25, 0.3) is 0 Å². The van der Waals surface area contributed by atoms with E-state index in [2.05, 4.69) is 20.3 Å². The highest BCUT2D eigenvalue weighted by Gasteiger charge is 2.17. The number of anilines is 1. The van der Waals surface area contributed by atoms with Gasteiger partial charge in [0.2, 0.25) is 0 Å². The third-order valence-corrected chi connectivity index (χ3v) is 3.97. The molecule has 3 rings (SSSR count). The van der Waals surface area contributed by atoms with Crippen LogP contribution in [0.15, 0.2) is 47.9 Å². The van der Waals surface area contributed by atoms with Gasteiger partial charge in [-0.2, -0.15) is 0 Å². The molecule has 0 aromatic carbocycles. The third-order valence-electron chi connectivity index (χ3n) is 3.97. The van der Waals surface area contributed by atoms with Crippen LogP contribution in [0.3, 0.4) is 0 Å². The maximum atomic E-state index is 12.8. The number of hydrogen-bond donors (Lipinski definition) is 1. The zero-order valence-electron chi connectivity index (χ0n) is 15.3. The van der Waals surface area contributed by atoms with Crippen molar-refractivity contribution in [1.29, 1.82) is 0 Å². The van der Waals surface area contributed by atoms with E-state index >= 15 is 0 Å². The van der Waals surface area contributed by atoms with Gasteiger partial charge in [0.25, 0.3) is 11.5 Å². The van der Waals surface area contributed by atoms with E-state index < -0.39 is 11.5 Å². The molecular weight excluding hydrogens is 346 g/mol. The van der Waals surface area contributed by atoms with E-state index in [1.807, 2.05) is 6.92 Å². The number of aromatic nitrogens is 4. The van der Waals surface area contributed by atoms with E-state index in [0.29, 0.717) is 22.7 Å². The molecule has 0 atom stereocenters. The van der Waals surface area contributed by atoms with Crippen LogP contribution in [-0.4, -0.2) is 32.5 Å². The fraction of sp³-hybridized carbons (Fsp3) is 0.211. The highest BCUT2D eigenvalue weighted by atomic mass is 16.5. The van der Waals surface area contributed by atoms with Crippen LogP contribution >= 0.6 is 0 Å². The zero-order valence-corrected chi connectivity index (χ0v) is 15.3. The van der Waals surface area contributed by atoms with Crippen LogP contribution in [0.4, 0.5) is 5.69 Å². The number of nitrogens with one attached hydrogen (secondary N) is 1. The molecule has 0 aliphatic heterocycles. The lowest BCUT2D eigenvalue weighted by molar-refractivity contribution is 0.102. The van der Waals surface area contributed by atoms with E-state index in [1.165, 1.54) is 24.1 Å². The SMILES string of the molecule is COc1cncc(NC(=O)c2c(C)ccn(Cc3cnc(C)cn3)c2=O)c1. The molecule has 0 aliphatic rings. The number of ether oxygens (including phenoxy) is 1. The van der Waals surface area contributed by atoms with Gasteiger partial charge in [-0.05, 0) is 25.5 Å². The molecular formula is C19H19N5O3. The van der Waals surface area contributed by atoms with Gasteiger partial charge in [-0.25, -0.2) is 0 Å². The molecule has 0 radical (unpaired) electrons. The van der Waals surface area contributed by atoms with Crippen LogP contribution in [0.2, 0.25) is 0 Å². The summed E-state index contributed by atoms with van der Waals surface area (Å²) in [5, 5.41) is 2.69. The molecule has 8 nitrogen and oxygen atoms in total. The summed E-state index contributed by atoms with van der Waals surface area (Å²) in [4.78, 5) is 37.9. The average molecular weight is 365 g/mol. The van der Waals surface area contributed by atoms with Crippen molar-refractivity contribution in [3.8, 4) is 5.75 Å². The number of methoxy groups -OCH3 is 1. The van der Waals surface area contributed by atoms with E-state index in [-0.39, 0.29) is 12.1 Å². The molecule has 138 valence electrons. The Kier molecular flexibility index (Phi) is 5.25. The molecule has 0 saturated heterocycles. The van der Waals surface area contributed by atoms with Gasteiger partial charge in [0.15, 0.2) is 0 Å². The summed E-state index contributed by atoms with van der Waals surface area (Å²) in [6.45, 7) is 3.79. The van der Waals surface area contributed by atoms with Gasteiger partial charge >= 0.3 is 0 Å². The predicted octanol–water partition coefficient (Wildman–Crippen LogP) is 1.96. The van der Waals surface area contributed by atoms with Crippen molar-refractivity contribution < 1.29 is 9.53 Å². The molecule has 3 aromatic heterocycles. The van der Waals surface area contributed by atoms with Crippen LogP contribution < -0.4 is 15.6 Å². The van der Waals surface area contributed by atoms with E-state index in [4.69, 9.17) is 4.74 Å². The summed E-state index contributed by atoms with van der Waals surface area (Å²) >= 11 is 0. The number of hydrogen-bond acceptors (Lipinski definition) is 6. The Bertz CT molecular complexity index is 1030. The first kappa shape index (κ1) is 18.2. The molecule has 0 aliphatic carbocycles. The van der Waals surface area contributed by atoms with E-state index in [0.717, 1.165) is 5.69 Å². The lowest BCUT2D eigenvalue weighted by atomic mass is 10.1. The van der Waals surface area contributed by atoms with Crippen molar-refractivity contribution in [2.75, 3.05) is 12.4 Å². The third kappa shape index (κ3) is 4.17. The van der Waals surface area contributed by atoms with Crippen LogP contribution in [-0.2, 0) is 6.54 Å². The minimum Gasteiger partial charge on any atom is -0.495 e. The Morgan fingerprint density at radius 2 is 2.00 bits per heavy atom. The fourth-order valence-corrected chi connectivity index (χ4v) is 2.53. The number of rotatable bonds is 5. The van der Waals surface area contributed by atoms with E-state index in [1.54, 1.807) is 37.6 Å². The first-order valence-electron chi connectivity index (χ1n) is 8.26. The average Bonchev–Trinajstić information content (AvgIpc) is 2.66. The quantitative estimate of drug-likeness (QED) is 0.742. The van der Waals surface area contributed by atoms with Gasteiger partial charge in [0, 0.05) is 18.5 Å². The van der Waals surface area contributed by atoms with Crippen molar-refractivity contribution in [3.63, 3.8) is 0 Å². The largest absolute Gasteiger partial charge is 0.495 e. The van der Waals surface area contributed by atoms with Crippen molar-refractivity contribution in [2.24, 2.45) is 0 Å². The maximum Gasteiger partial charge on any atom is 0.264 e. The monoisotopic (exact) mass is 365 g/mol. The van der Waals surface area contributed by atoms with Gasteiger partial charge in [0.1, 0.15) is 11.3 Å². The number of aryl methyl sites for hydroxylation is 2. The molecule has 0 unspecified atom stereocenters. The van der Waals surface area contributed by atoms with Crippen LogP contribution in [0, 0.1) is 13.8 Å². The van der Waals surface area contributed by atoms with Crippen molar-refractivity contribution in [3.05, 3.63) is 76.0 Å². The van der Waals surface area contributed by atoms with Crippen molar-refractivity contribution in [2.45, 2.75) is 20.4 Å². The highest BCUT2D eigenvalue weighted by molar-refractivity contribution is 6.05. The van der Waals surface area contributed by atoms with Gasteiger partial charge in [-0.15, -0.1) is 0 Å². The Labute approximate surface area is 155 Å². The van der Waals surface area contributed by atoms with Crippen LogP contribution in [0.1, 0.15) is 27.3 Å². The first-order valence-corrected chi connectivity index (χ1v) is 8.26. The second-order valence-corrected chi connectivity index (χ2v) is 6.02. The predicted molar refractivity (Wildman–Crippen MR) is 100 cm³/mol. The number of nitrogens with zero attached hydrogens (tertiary/aromatic N) is 4. The fourth-order valence-electron chi connectivity index (χ4n) is 2.53. The number of pyridine rings is 2. The topological polar surface area (TPSA) is 99.0 Å². The molecule has 3 heterocycles. The molecule has 0 saturated carbocycles. The minimum atomic E-state index is -0.503. The minimum absolute atomic E-state index is 0.0698. The van der Waals surface area contributed by atoms with E-state index in [9.17, 15) is 9.59 Å². The maximum absolute atomic E-state index is 12.8. The molecule has 1 amide bonds. The number of amides is 1. The standard InChI is InChI=1S/C19H19N5O3/c1-12-4-5-24(11-15-9-21-13(2)7-22-15)19(26)17(12)18(25)23-14-6-16(27-3)10-20-8-14/h4-10H,11H2,1-3H3,(H,23,25). The van der Waals surface area contributed by atoms with Crippen molar-refractivity contribution >= 4 is 11.6 Å². The molecule has 3 aromatic rings. The molecule has 0 fully saturated rings. The van der Waals surface area contributed by atoms with Gasteiger partial charge < -0.3 is 14.6 Å². The second-order valence-electron chi connectivity index (χ2n) is 6.02. The molecule has 0 spiro atoms. The van der Waals surface area contributed by atoms with Crippen LogP contribution in [0.5, 0.6) is 5.75 Å². The lowest BCUT2D eigenvalue weighted by Gasteiger charge is -2.11. The second kappa shape index (κ2) is 7.77. The Hall–Kier alpha value is -3.55. The van der Waals surface area contributed by atoms with Gasteiger partial charge in [-0.3, -0.25) is 24.5 Å².